The number of nitrogens with one attached hydrogen (secondary N) is 1. The van der Waals surface area contributed by atoms with Gasteiger partial charge < -0.3 is 10.1 Å². The van der Waals surface area contributed by atoms with Crippen LogP contribution in [0.4, 0.5) is 10.5 Å². The van der Waals surface area contributed by atoms with E-state index in [0.717, 1.165) is 21.5 Å². The average Bonchev–Trinajstić information content (AvgIpc) is 2.48. The summed E-state index contributed by atoms with van der Waals surface area (Å²) in [6, 6.07) is 15.4. The lowest BCUT2D eigenvalue weighted by Crippen LogP contribution is -2.65. The molecular weight excluding hydrogens is 344 g/mol. The number of carbonyl (C=O) groups excluding carboxylic acids is 1. The molecule has 1 N–H and O–H groups in total. The molecule has 0 saturated carbocycles. The predicted octanol–water partition coefficient (Wildman–Crippen LogP) is 4.22. The van der Waals surface area contributed by atoms with Crippen molar-refractivity contribution in [2.24, 2.45) is 0 Å². The third-order valence-corrected chi connectivity index (χ3v) is 4.79. The fourth-order valence-electron chi connectivity index (χ4n) is 3.30. The summed E-state index contributed by atoms with van der Waals surface area (Å²) in [5.41, 5.74) is 1.18. The van der Waals surface area contributed by atoms with Crippen molar-refractivity contribution in [1.82, 2.24) is 5.32 Å². The topological polar surface area (TPSA) is 41.6 Å². The Labute approximate surface area is 137 Å². The van der Waals surface area contributed by atoms with E-state index in [1.165, 1.54) is 0 Å². The lowest BCUT2D eigenvalue weighted by molar-refractivity contribution is 0.0379. The van der Waals surface area contributed by atoms with Crippen LogP contribution in [0.2, 0.25) is 0 Å². The van der Waals surface area contributed by atoms with E-state index in [1.807, 2.05) is 55.5 Å². The monoisotopic (exact) mass is 358 g/mol. The third-order valence-electron chi connectivity index (χ3n) is 4.27. The summed E-state index contributed by atoms with van der Waals surface area (Å²) in [5, 5.41) is 3.09. The normalized spacial score (nSPS) is 26.0. The molecule has 0 radical (unpaired) electrons. The molecule has 1 saturated heterocycles. The van der Waals surface area contributed by atoms with Crippen LogP contribution in [0.3, 0.4) is 0 Å². The summed E-state index contributed by atoms with van der Waals surface area (Å²) in [7, 11) is 0. The summed E-state index contributed by atoms with van der Waals surface area (Å²) in [6.45, 7) is 1.97. The van der Waals surface area contributed by atoms with Crippen LogP contribution in [-0.4, -0.2) is 11.8 Å². The first-order valence-electron chi connectivity index (χ1n) is 7.21. The van der Waals surface area contributed by atoms with Crippen molar-refractivity contribution in [2.75, 3.05) is 4.90 Å². The number of para-hydroxylation sites is 1. The standard InChI is InChI=1S/C17H15BrN2O2/c1-17-10-14(13-4-2-3-5-15(13)22-17)19-16(21)20(17)12-8-6-11(18)7-9-12/h2-9,14H,10H2,1H3,(H,19,21)/t14-,17-/m1/s1. The fraction of sp³-hybridized carbons (Fsp3) is 0.235. The predicted molar refractivity (Wildman–Crippen MR) is 88.0 cm³/mol. The Hall–Kier alpha value is -2.01. The van der Waals surface area contributed by atoms with E-state index in [4.69, 9.17) is 4.74 Å². The fourth-order valence-corrected chi connectivity index (χ4v) is 3.57. The highest BCUT2D eigenvalue weighted by Crippen LogP contribution is 2.45. The average molecular weight is 359 g/mol. The molecule has 112 valence electrons. The van der Waals surface area contributed by atoms with Crippen molar-refractivity contribution in [3.05, 3.63) is 58.6 Å². The maximum absolute atomic E-state index is 12.6. The number of amides is 2. The number of nitrogens with zero attached hydrogens (tertiary/aromatic N) is 1. The van der Waals surface area contributed by atoms with Gasteiger partial charge in [-0.1, -0.05) is 34.1 Å². The van der Waals surface area contributed by atoms with Gasteiger partial charge in [-0.3, -0.25) is 4.90 Å². The largest absolute Gasteiger partial charge is 0.467 e. The summed E-state index contributed by atoms with van der Waals surface area (Å²) in [6.07, 6.45) is 0.714. The van der Waals surface area contributed by atoms with E-state index in [2.05, 4.69) is 21.2 Å². The molecule has 2 aromatic rings. The van der Waals surface area contributed by atoms with Crippen LogP contribution in [0, 0.1) is 0 Å². The molecule has 0 spiro atoms. The van der Waals surface area contributed by atoms with Gasteiger partial charge in [0.2, 0.25) is 0 Å². The van der Waals surface area contributed by atoms with Crippen molar-refractivity contribution in [2.45, 2.75) is 25.1 Å². The van der Waals surface area contributed by atoms with Crippen LogP contribution < -0.4 is 15.0 Å². The van der Waals surface area contributed by atoms with E-state index >= 15 is 0 Å². The maximum Gasteiger partial charge on any atom is 0.325 e. The van der Waals surface area contributed by atoms with E-state index in [9.17, 15) is 4.79 Å². The first kappa shape index (κ1) is 13.6. The second-order valence-electron chi connectivity index (χ2n) is 5.83. The molecule has 2 heterocycles. The van der Waals surface area contributed by atoms with Crippen molar-refractivity contribution in [3.8, 4) is 5.75 Å². The second-order valence-corrected chi connectivity index (χ2v) is 6.75. The molecule has 2 aliphatic heterocycles. The quantitative estimate of drug-likeness (QED) is 0.829. The number of hydrogen-bond donors (Lipinski definition) is 1. The van der Waals surface area contributed by atoms with Crippen LogP contribution in [-0.2, 0) is 0 Å². The number of carbonyl (C=O) groups is 1. The van der Waals surface area contributed by atoms with Crippen molar-refractivity contribution in [1.29, 1.82) is 0 Å². The number of benzene rings is 2. The number of urea groups is 1. The SMILES string of the molecule is C[C@@]12C[C@@H](NC(=O)N1c1ccc(Br)cc1)c1ccccc1O2. The minimum Gasteiger partial charge on any atom is -0.467 e. The first-order chi connectivity index (χ1) is 10.6. The molecule has 2 aromatic carbocycles. The molecule has 2 amide bonds. The zero-order valence-electron chi connectivity index (χ0n) is 12.0. The summed E-state index contributed by atoms with van der Waals surface area (Å²) < 4.78 is 7.19. The molecule has 0 aromatic heterocycles. The second kappa shape index (κ2) is 4.74. The summed E-state index contributed by atoms with van der Waals surface area (Å²) in [5.74, 6) is 0.836. The Morgan fingerprint density at radius 3 is 2.73 bits per heavy atom. The van der Waals surface area contributed by atoms with Crippen LogP contribution in [0.5, 0.6) is 5.75 Å². The van der Waals surface area contributed by atoms with Gasteiger partial charge in [0, 0.05) is 22.1 Å². The van der Waals surface area contributed by atoms with Crippen molar-refractivity contribution in [3.63, 3.8) is 0 Å². The summed E-state index contributed by atoms with van der Waals surface area (Å²) >= 11 is 3.42. The van der Waals surface area contributed by atoms with E-state index < -0.39 is 5.72 Å². The molecule has 0 aliphatic carbocycles. The molecule has 0 unspecified atom stereocenters. The molecule has 2 atom stereocenters. The van der Waals surface area contributed by atoms with Crippen LogP contribution in [0.25, 0.3) is 0 Å². The molecule has 2 aliphatic rings. The molecule has 5 heteroatoms. The van der Waals surface area contributed by atoms with Gasteiger partial charge >= 0.3 is 6.03 Å². The molecule has 4 nitrogen and oxygen atoms in total. The van der Waals surface area contributed by atoms with Crippen molar-refractivity contribution >= 4 is 27.6 Å². The highest BCUT2D eigenvalue weighted by molar-refractivity contribution is 9.10. The minimum absolute atomic E-state index is 0.00542. The zero-order valence-corrected chi connectivity index (χ0v) is 13.6. The van der Waals surface area contributed by atoms with E-state index in [-0.39, 0.29) is 12.1 Å². The van der Waals surface area contributed by atoms with Gasteiger partial charge in [-0.05, 0) is 37.3 Å². The van der Waals surface area contributed by atoms with Crippen LogP contribution >= 0.6 is 15.9 Å². The van der Waals surface area contributed by atoms with Crippen LogP contribution in [0.15, 0.2) is 53.0 Å². The minimum atomic E-state index is -0.685. The Morgan fingerprint density at radius 1 is 1.23 bits per heavy atom. The number of halogens is 1. The lowest BCUT2D eigenvalue weighted by atomic mass is 9.90. The van der Waals surface area contributed by atoms with Gasteiger partial charge in [0.1, 0.15) is 5.75 Å². The zero-order chi connectivity index (χ0) is 15.3. The van der Waals surface area contributed by atoms with Gasteiger partial charge in [-0.2, -0.15) is 0 Å². The summed E-state index contributed by atoms with van der Waals surface area (Å²) in [4.78, 5) is 14.3. The smallest absolute Gasteiger partial charge is 0.325 e. The highest BCUT2D eigenvalue weighted by Gasteiger charge is 2.49. The molecule has 4 rings (SSSR count). The number of ether oxygens (including phenoxy) is 1. The van der Waals surface area contributed by atoms with Crippen LogP contribution in [0.1, 0.15) is 24.9 Å². The molecular formula is C17H15BrN2O2. The van der Waals surface area contributed by atoms with Gasteiger partial charge in [0.25, 0.3) is 0 Å². The number of fused-ring (bicyclic) bond motifs is 4. The Balaban J connectivity index is 1.80. The number of hydrogen-bond acceptors (Lipinski definition) is 2. The van der Waals surface area contributed by atoms with Gasteiger partial charge in [-0.15, -0.1) is 0 Å². The van der Waals surface area contributed by atoms with E-state index in [1.54, 1.807) is 4.90 Å². The number of anilines is 1. The third kappa shape index (κ3) is 2.00. The van der Waals surface area contributed by atoms with Crippen molar-refractivity contribution < 1.29 is 9.53 Å². The Bertz CT molecular complexity index is 747. The Kier molecular flexibility index (Phi) is 2.94. The van der Waals surface area contributed by atoms with E-state index in [0.29, 0.717) is 6.42 Å². The lowest BCUT2D eigenvalue weighted by Gasteiger charge is -2.50. The maximum atomic E-state index is 12.6. The molecule has 1 fully saturated rings. The van der Waals surface area contributed by atoms with Gasteiger partial charge in [0.05, 0.1) is 6.04 Å². The van der Waals surface area contributed by atoms with Gasteiger partial charge in [0.15, 0.2) is 5.72 Å². The molecule has 2 bridgehead atoms. The molecule has 22 heavy (non-hydrogen) atoms. The first-order valence-corrected chi connectivity index (χ1v) is 8.00. The highest BCUT2D eigenvalue weighted by atomic mass is 79.9. The van der Waals surface area contributed by atoms with Gasteiger partial charge in [-0.25, -0.2) is 4.79 Å². The Morgan fingerprint density at radius 2 is 1.95 bits per heavy atom. The number of rotatable bonds is 1.